The highest BCUT2D eigenvalue weighted by Crippen LogP contribution is 2.36. The largest absolute Gasteiger partial charge is 0.310 e. The monoisotopic (exact) mass is 221 g/mol. The van der Waals surface area contributed by atoms with E-state index < -0.39 is 0 Å². The van der Waals surface area contributed by atoms with Gasteiger partial charge in [-0.1, -0.05) is 6.92 Å². The van der Waals surface area contributed by atoms with Crippen molar-refractivity contribution in [2.24, 2.45) is 18.9 Å². The average Bonchev–Trinajstić information content (AvgIpc) is 3.04. The fraction of sp³-hybridized carbons (Fsp3) is 0.769. The first-order chi connectivity index (χ1) is 7.59. The first-order valence-corrected chi connectivity index (χ1v) is 6.31. The number of hydrogen-bond acceptors (Lipinski definition) is 2. The minimum Gasteiger partial charge on any atom is -0.310 e. The molecule has 2 atom stereocenters. The molecule has 3 heteroatoms. The van der Waals surface area contributed by atoms with Gasteiger partial charge in [-0.2, -0.15) is 5.10 Å². The van der Waals surface area contributed by atoms with E-state index in [0.29, 0.717) is 6.04 Å². The molecule has 3 nitrogen and oxygen atoms in total. The lowest BCUT2D eigenvalue weighted by atomic mass is 10.0. The van der Waals surface area contributed by atoms with Gasteiger partial charge >= 0.3 is 0 Å². The van der Waals surface area contributed by atoms with Crippen molar-refractivity contribution in [1.82, 2.24) is 15.1 Å². The summed E-state index contributed by atoms with van der Waals surface area (Å²) in [7, 11) is 2.00. The second kappa shape index (κ2) is 4.58. The molecule has 1 aromatic heterocycles. The highest BCUT2D eigenvalue weighted by atomic mass is 15.3. The molecule has 0 bridgehead atoms. The molecule has 2 rings (SSSR count). The summed E-state index contributed by atoms with van der Waals surface area (Å²) >= 11 is 0. The second-order valence-electron chi connectivity index (χ2n) is 5.25. The van der Waals surface area contributed by atoms with Gasteiger partial charge in [0, 0.05) is 24.3 Å². The van der Waals surface area contributed by atoms with E-state index in [9.17, 15) is 0 Å². The van der Waals surface area contributed by atoms with Crippen LogP contribution in [0.1, 0.15) is 44.0 Å². The van der Waals surface area contributed by atoms with Crippen molar-refractivity contribution in [3.8, 4) is 0 Å². The van der Waals surface area contributed by atoms with Gasteiger partial charge in [0.1, 0.15) is 0 Å². The molecule has 1 fully saturated rings. The van der Waals surface area contributed by atoms with Crippen LogP contribution in [0, 0.1) is 18.8 Å². The average molecular weight is 221 g/mol. The Labute approximate surface area is 98.2 Å². The van der Waals surface area contributed by atoms with Crippen molar-refractivity contribution in [2.75, 3.05) is 6.54 Å². The standard InChI is InChI=1S/C13H23N3/c1-9(12-5-6-12)7-14-10(2)13-8-15-16(4)11(13)3/h8-10,12,14H,5-7H2,1-4H3. The zero-order chi connectivity index (χ0) is 11.7. The van der Waals surface area contributed by atoms with Gasteiger partial charge in [-0.25, -0.2) is 0 Å². The normalized spacial score (nSPS) is 19.8. The number of aryl methyl sites for hydroxylation is 1. The fourth-order valence-corrected chi connectivity index (χ4v) is 2.25. The Kier molecular flexibility index (Phi) is 3.33. The van der Waals surface area contributed by atoms with E-state index in [1.165, 1.54) is 24.1 Å². The van der Waals surface area contributed by atoms with Crippen LogP contribution in [0.15, 0.2) is 6.20 Å². The summed E-state index contributed by atoms with van der Waals surface area (Å²) in [5.74, 6) is 1.80. The summed E-state index contributed by atoms with van der Waals surface area (Å²) in [5, 5.41) is 7.91. The third kappa shape index (κ3) is 2.46. The molecular formula is C13H23N3. The summed E-state index contributed by atoms with van der Waals surface area (Å²) in [6.07, 6.45) is 4.85. The van der Waals surface area contributed by atoms with Gasteiger partial charge in [0.2, 0.25) is 0 Å². The Bertz CT molecular complexity index is 352. The molecule has 0 aromatic carbocycles. The van der Waals surface area contributed by atoms with E-state index >= 15 is 0 Å². The number of rotatable bonds is 5. The van der Waals surface area contributed by atoms with Crippen LogP contribution in [0.3, 0.4) is 0 Å². The second-order valence-corrected chi connectivity index (χ2v) is 5.25. The molecule has 2 unspecified atom stereocenters. The number of hydrogen-bond donors (Lipinski definition) is 1. The lowest BCUT2D eigenvalue weighted by Gasteiger charge is -2.17. The summed E-state index contributed by atoms with van der Waals surface area (Å²) in [6, 6.07) is 0.412. The van der Waals surface area contributed by atoms with Crippen LogP contribution >= 0.6 is 0 Å². The van der Waals surface area contributed by atoms with E-state index in [2.05, 4.69) is 31.2 Å². The minimum atomic E-state index is 0.412. The van der Waals surface area contributed by atoms with Crippen molar-refractivity contribution in [2.45, 2.75) is 39.7 Å². The predicted molar refractivity (Wildman–Crippen MR) is 66.3 cm³/mol. The lowest BCUT2D eigenvalue weighted by Crippen LogP contribution is -2.25. The third-order valence-electron chi connectivity index (χ3n) is 3.91. The van der Waals surface area contributed by atoms with E-state index in [-0.39, 0.29) is 0 Å². The van der Waals surface area contributed by atoms with Crippen LogP contribution in [0.2, 0.25) is 0 Å². The molecule has 0 aliphatic heterocycles. The summed E-state index contributed by atoms with van der Waals surface area (Å²) in [6.45, 7) is 7.84. The highest BCUT2D eigenvalue weighted by Gasteiger charge is 2.27. The van der Waals surface area contributed by atoms with Gasteiger partial charge in [0.15, 0.2) is 0 Å². The lowest BCUT2D eigenvalue weighted by molar-refractivity contribution is 0.431. The van der Waals surface area contributed by atoms with Crippen LogP contribution in [-0.4, -0.2) is 16.3 Å². The van der Waals surface area contributed by atoms with Crippen molar-refractivity contribution < 1.29 is 0 Å². The molecule has 1 heterocycles. The van der Waals surface area contributed by atoms with Gasteiger partial charge in [0.25, 0.3) is 0 Å². The van der Waals surface area contributed by atoms with Crippen molar-refractivity contribution in [3.63, 3.8) is 0 Å². The van der Waals surface area contributed by atoms with Gasteiger partial charge in [-0.15, -0.1) is 0 Å². The van der Waals surface area contributed by atoms with Crippen LogP contribution in [0.4, 0.5) is 0 Å². The molecule has 16 heavy (non-hydrogen) atoms. The maximum atomic E-state index is 4.29. The highest BCUT2D eigenvalue weighted by molar-refractivity contribution is 5.19. The van der Waals surface area contributed by atoms with Crippen molar-refractivity contribution >= 4 is 0 Å². The Morgan fingerprint density at radius 3 is 2.69 bits per heavy atom. The van der Waals surface area contributed by atoms with Crippen LogP contribution in [0.5, 0.6) is 0 Å². The Hall–Kier alpha value is -0.830. The molecule has 1 aromatic rings. The summed E-state index contributed by atoms with van der Waals surface area (Å²) < 4.78 is 1.94. The Morgan fingerprint density at radius 1 is 1.50 bits per heavy atom. The maximum absolute atomic E-state index is 4.29. The van der Waals surface area contributed by atoms with Crippen molar-refractivity contribution in [3.05, 3.63) is 17.5 Å². The number of nitrogens with one attached hydrogen (secondary N) is 1. The summed E-state index contributed by atoms with van der Waals surface area (Å²) in [5.41, 5.74) is 2.59. The third-order valence-corrected chi connectivity index (χ3v) is 3.91. The fourth-order valence-electron chi connectivity index (χ4n) is 2.25. The Balaban J connectivity index is 1.87. The molecule has 0 radical (unpaired) electrons. The predicted octanol–water partition coefficient (Wildman–Crippen LogP) is 2.43. The van der Waals surface area contributed by atoms with Gasteiger partial charge in [-0.3, -0.25) is 4.68 Å². The summed E-state index contributed by atoms with van der Waals surface area (Å²) in [4.78, 5) is 0. The van der Waals surface area contributed by atoms with Crippen LogP contribution < -0.4 is 5.32 Å². The zero-order valence-electron chi connectivity index (χ0n) is 10.8. The van der Waals surface area contributed by atoms with Gasteiger partial charge in [0.05, 0.1) is 6.20 Å². The first-order valence-electron chi connectivity index (χ1n) is 6.31. The van der Waals surface area contributed by atoms with E-state index in [4.69, 9.17) is 0 Å². The zero-order valence-corrected chi connectivity index (χ0v) is 10.8. The first kappa shape index (κ1) is 11.6. The number of aromatic nitrogens is 2. The SMILES string of the molecule is Cc1c(C(C)NCC(C)C2CC2)cnn1C. The molecule has 1 saturated carbocycles. The number of nitrogens with zero attached hydrogens (tertiary/aromatic N) is 2. The van der Waals surface area contributed by atoms with Crippen LogP contribution in [0.25, 0.3) is 0 Å². The molecule has 0 spiro atoms. The van der Waals surface area contributed by atoms with Gasteiger partial charge < -0.3 is 5.32 Å². The quantitative estimate of drug-likeness (QED) is 0.827. The smallest absolute Gasteiger partial charge is 0.0540 e. The maximum Gasteiger partial charge on any atom is 0.0540 e. The van der Waals surface area contributed by atoms with Gasteiger partial charge in [-0.05, 0) is 45.1 Å². The van der Waals surface area contributed by atoms with Crippen LogP contribution in [-0.2, 0) is 7.05 Å². The molecule has 1 N–H and O–H groups in total. The Morgan fingerprint density at radius 2 is 2.19 bits per heavy atom. The topological polar surface area (TPSA) is 29.9 Å². The van der Waals surface area contributed by atoms with E-state index in [1.54, 1.807) is 0 Å². The van der Waals surface area contributed by atoms with E-state index in [0.717, 1.165) is 18.4 Å². The molecule has 0 amide bonds. The van der Waals surface area contributed by atoms with E-state index in [1.807, 2.05) is 17.9 Å². The molecule has 1 aliphatic carbocycles. The molecule has 1 aliphatic rings. The molecular weight excluding hydrogens is 198 g/mol. The van der Waals surface area contributed by atoms with Crippen molar-refractivity contribution in [1.29, 1.82) is 0 Å². The molecule has 0 saturated heterocycles. The minimum absolute atomic E-state index is 0.412. The molecule has 90 valence electrons.